The van der Waals surface area contributed by atoms with Gasteiger partial charge in [-0.2, -0.15) is 0 Å². The fraction of sp³-hybridized carbons (Fsp3) is 0.429. The lowest BCUT2D eigenvalue weighted by Gasteiger charge is -2.15. The molecule has 0 saturated carbocycles. The molecule has 2 atom stereocenters. The van der Waals surface area contributed by atoms with Gasteiger partial charge in [0, 0.05) is 17.4 Å². The molecule has 1 aliphatic heterocycles. The minimum absolute atomic E-state index is 0.00211. The molecule has 6 nitrogen and oxygen atoms in total. The van der Waals surface area contributed by atoms with Crippen LogP contribution in [0.4, 0.5) is 16.2 Å². The van der Waals surface area contributed by atoms with Crippen LogP contribution in [-0.2, 0) is 9.53 Å². The van der Waals surface area contributed by atoms with E-state index >= 15 is 0 Å². The molecule has 2 amide bonds. The van der Waals surface area contributed by atoms with Gasteiger partial charge >= 0.3 is 6.09 Å². The van der Waals surface area contributed by atoms with Crippen LogP contribution in [0.5, 0.6) is 0 Å². The van der Waals surface area contributed by atoms with E-state index in [0.29, 0.717) is 11.4 Å². The number of ether oxygens (including phenoxy) is 1. The van der Waals surface area contributed by atoms with Crippen molar-refractivity contribution in [1.82, 2.24) is 5.32 Å². The van der Waals surface area contributed by atoms with Gasteiger partial charge < -0.3 is 15.4 Å². The Balaban J connectivity index is 2.00. The lowest BCUT2D eigenvalue weighted by Crippen LogP contribution is -2.32. The molecule has 20 heavy (non-hydrogen) atoms. The van der Waals surface area contributed by atoms with Crippen molar-refractivity contribution in [3.8, 4) is 0 Å². The summed E-state index contributed by atoms with van der Waals surface area (Å²) < 4.78 is 4.52. The fourth-order valence-corrected chi connectivity index (χ4v) is 2.30. The summed E-state index contributed by atoms with van der Waals surface area (Å²) in [5.41, 5.74) is 1.23. The highest BCUT2D eigenvalue weighted by molar-refractivity contribution is 5.94. The zero-order valence-corrected chi connectivity index (χ0v) is 11.6. The second kappa shape index (κ2) is 6.38. The summed E-state index contributed by atoms with van der Waals surface area (Å²) in [6.07, 6.45) is 0.301. The van der Waals surface area contributed by atoms with Crippen molar-refractivity contribution in [2.45, 2.75) is 19.4 Å². The predicted octanol–water partition coefficient (Wildman–Crippen LogP) is 1.80. The van der Waals surface area contributed by atoms with Gasteiger partial charge in [-0.1, -0.05) is 6.07 Å². The summed E-state index contributed by atoms with van der Waals surface area (Å²) in [5, 5.41) is 8.68. The zero-order valence-electron chi connectivity index (χ0n) is 11.6. The molecule has 3 N–H and O–H groups in total. The summed E-state index contributed by atoms with van der Waals surface area (Å²) in [6.45, 7) is 2.87. The molecule has 0 aliphatic carbocycles. The van der Waals surface area contributed by atoms with Gasteiger partial charge in [0.2, 0.25) is 5.91 Å². The van der Waals surface area contributed by atoms with Crippen LogP contribution >= 0.6 is 0 Å². The quantitative estimate of drug-likeness (QED) is 0.787. The molecule has 0 radical (unpaired) electrons. The molecule has 1 fully saturated rings. The molecule has 6 heteroatoms. The zero-order chi connectivity index (χ0) is 14.5. The molecule has 1 aliphatic rings. The van der Waals surface area contributed by atoms with Crippen molar-refractivity contribution in [3.63, 3.8) is 0 Å². The largest absolute Gasteiger partial charge is 0.453 e. The average molecular weight is 277 g/mol. The number of methoxy groups -OCH3 is 1. The Morgan fingerprint density at radius 1 is 1.30 bits per heavy atom. The Bertz CT molecular complexity index is 504. The van der Waals surface area contributed by atoms with Crippen LogP contribution in [-0.4, -0.2) is 31.7 Å². The van der Waals surface area contributed by atoms with Crippen molar-refractivity contribution < 1.29 is 14.3 Å². The summed E-state index contributed by atoms with van der Waals surface area (Å²) >= 11 is 0. The normalized spacial score (nSPS) is 21.3. The van der Waals surface area contributed by atoms with Gasteiger partial charge in [0.15, 0.2) is 0 Å². The van der Waals surface area contributed by atoms with Crippen LogP contribution in [0.2, 0.25) is 0 Å². The van der Waals surface area contributed by atoms with E-state index in [9.17, 15) is 9.59 Å². The van der Waals surface area contributed by atoms with Gasteiger partial charge in [-0.3, -0.25) is 10.1 Å². The van der Waals surface area contributed by atoms with Gasteiger partial charge in [0.1, 0.15) is 0 Å². The van der Waals surface area contributed by atoms with Gasteiger partial charge in [-0.15, -0.1) is 0 Å². The van der Waals surface area contributed by atoms with Crippen LogP contribution in [0.15, 0.2) is 24.3 Å². The highest BCUT2D eigenvalue weighted by Gasteiger charge is 2.29. The number of carbonyl (C=O) groups is 2. The molecule has 1 heterocycles. The maximum Gasteiger partial charge on any atom is 0.411 e. The summed E-state index contributed by atoms with van der Waals surface area (Å²) in [7, 11) is 1.30. The Morgan fingerprint density at radius 3 is 2.60 bits per heavy atom. The third-order valence-electron chi connectivity index (χ3n) is 3.42. The SMILES string of the molecule is COC(=O)Nc1cccc(NC(=O)C2CCNC2C)c1. The molecule has 0 spiro atoms. The fourth-order valence-electron chi connectivity index (χ4n) is 2.30. The highest BCUT2D eigenvalue weighted by Crippen LogP contribution is 2.20. The average Bonchev–Trinajstić information content (AvgIpc) is 2.85. The Kier molecular flexibility index (Phi) is 4.57. The lowest BCUT2D eigenvalue weighted by atomic mass is 10.0. The maximum absolute atomic E-state index is 12.2. The Morgan fingerprint density at radius 2 is 2.00 bits per heavy atom. The molecule has 1 aromatic rings. The van der Waals surface area contributed by atoms with Crippen LogP contribution < -0.4 is 16.0 Å². The molecule has 1 saturated heterocycles. The number of hydrogen-bond donors (Lipinski definition) is 3. The standard InChI is InChI=1S/C14H19N3O3/c1-9-12(6-7-15-9)13(18)16-10-4-3-5-11(8-10)17-14(19)20-2/h3-5,8-9,12,15H,6-7H2,1-2H3,(H,16,18)(H,17,19). The first kappa shape index (κ1) is 14.3. The Hall–Kier alpha value is -2.08. The smallest absolute Gasteiger partial charge is 0.411 e. The molecular weight excluding hydrogens is 258 g/mol. The molecule has 0 aromatic heterocycles. The number of rotatable bonds is 3. The highest BCUT2D eigenvalue weighted by atomic mass is 16.5. The molecular formula is C14H19N3O3. The number of benzene rings is 1. The second-order valence-electron chi connectivity index (χ2n) is 4.82. The van der Waals surface area contributed by atoms with Crippen molar-refractivity contribution in [2.24, 2.45) is 5.92 Å². The first-order chi connectivity index (χ1) is 9.60. The number of amides is 2. The van der Waals surface area contributed by atoms with E-state index in [2.05, 4.69) is 20.7 Å². The van der Waals surface area contributed by atoms with Crippen LogP contribution in [0.25, 0.3) is 0 Å². The third-order valence-corrected chi connectivity index (χ3v) is 3.42. The van der Waals surface area contributed by atoms with E-state index in [1.807, 2.05) is 6.92 Å². The van der Waals surface area contributed by atoms with Gasteiger partial charge in [-0.05, 0) is 38.1 Å². The molecule has 1 aromatic carbocycles. The molecule has 2 unspecified atom stereocenters. The topological polar surface area (TPSA) is 79.5 Å². The molecule has 0 bridgehead atoms. The molecule has 2 rings (SSSR count). The first-order valence-corrected chi connectivity index (χ1v) is 6.59. The van der Waals surface area contributed by atoms with Crippen molar-refractivity contribution in [3.05, 3.63) is 24.3 Å². The minimum Gasteiger partial charge on any atom is -0.453 e. The van der Waals surface area contributed by atoms with Gasteiger partial charge in [0.05, 0.1) is 13.0 Å². The van der Waals surface area contributed by atoms with Crippen LogP contribution in [0.3, 0.4) is 0 Å². The van der Waals surface area contributed by atoms with Gasteiger partial charge in [0.25, 0.3) is 0 Å². The van der Waals surface area contributed by atoms with Crippen LogP contribution in [0, 0.1) is 5.92 Å². The number of hydrogen-bond acceptors (Lipinski definition) is 4. The van der Waals surface area contributed by atoms with Crippen LogP contribution in [0.1, 0.15) is 13.3 Å². The number of anilines is 2. The monoisotopic (exact) mass is 277 g/mol. The summed E-state index contributed by atoms with van der Waals surface area (Å²) in [4.78, 5) is 23.3. The van der Waals surface area contributed by atoms with E-state index < -0.39 is 6.09 Å². The van der Waals surface area contributed by atoms with E-state index in [4.69, 9.17) is 0 Å². The first-order valence-electron chi connectivity index (χ1n) is 6.59. The predicted molar refractivity (Wildman–Crippen MR) is 76.7 cm³/mol. The summed E-state index contributed by atoms with van der Waals surface area (Å²) in [6, 6.07) is 7.16. The number of carbonyl (C=O) groups excluding carboxylic acids is 2. The van der Waals surface area contributed by atoms with Crippen molar-refractivity contribution >= 4 is 23.4 Å². The Labute approximate surface area is 117 Å². The van der Waals surface area contributed by atoms with Gasteiger partial charge in [-0.25, -0.2) is 4.79 Å². The maximum atomic E-state index is 12.2. The van der Waals surface area contributed by atoms with E-state index in [-0.39, 0.29) is 17.9 Å². The van der Waals surface area contributed by atoms with Crippen molar-refractivity contribution in [2.75, 3.05) is 24.3 Å². The van der Waals surface area contributed by atoms with E-state index in [1.54, 1.807) is 24.3 Å². The lowest BCUT2D eigenvalue weighted by molar-refractivity contribution is -0.120. The van der Waals surface area contributed by atoms with Crippen molar-refractivity contribution in [1.29, 1.82) is 0 Å². The third kappa shape index (κ3) is 3.48. The summed E-state index contributed by atoms with van der Waals surface area (Å²) in [5.74, 6) is -0.0232. The number of nitrogens with one attached hydrogen (secondary N) is 3. The molecule has 108 valence electrons. The second-order valence-corrected chi connectivity index (χ2v) is 4.82. The minimum atomic E-state index is -0.540. The van der Waals surface area contributed by atoms with E-state index in [1.165, 1.54) is 7.11 Å². The van der Waals surface area contributed by atoms with E-state index in [0.717, 1.165) is 13.0 Å².